The molecule has 1 atom stereocenters. The van der Waals surface area contributed by atoms with Crippen molar-refractivity contribution in [2.75, 3.05) is 53.5 Å². The van der Waals surface area contributed by atoms with Crippen LogP contribution in [-0.4, -0.2) is 86.0 Å². The maximum absolute atomic E-state index is 13.2. The number of piperidine rings is 1. The third-order valence-corrected chi connectivity index (χ3v) is 6.32. The van der Waals surface area contributed by atoms with Gasteiger partial charge in [0.1, 0.15) is 0 Å². The van der Waals surface area contributed by atoms with Crippen molar-refractivity contribution in [3.8, 4) is 0 Å². The van der Waals surface area contributed by atoms with E-state index in [1.165, 1.54) is 12.8 Å². The summed E-state index contributed by atoms with van der Waals surface area (Å²) in [5.41, 5.74) is -0.304. The van der Waals surface area contributed by atoms with E-state index in [-0.39, 0.29) is 11.3 Å². The van der Waals surface area contributed by atoms with Gasteiger partial charge in [0, 0.05) is 39.3 Å². The Kier molecular flexibility index (Phi) is 6.00. The monoisotopic (exact) mass is 351 g/mol. The van der Waals surface area contributed by atoms with Gasteiger partial charge in [0.25, 0.3) is 0 Å². The molecule has 0 aromatic carbocycles. The smallest absolute Gasteiger partial charge is 0.236 e. The van der Waals surface area contributed by atoms with Crippen LogP contribution in [0.3, 0.4) is 0 Å². The standard InChI is InChI=1S/C19H33N3O3/c1-20(12-13-25-2)14-17(23)21-11-9-19(15-21)8-5-10-22(18(19)24)16-6-3-4-7-16/h16H,3-15H2,1-2H3/t19-/m1/s1. The van der Waals surface area contributed by atoms with Crippen molar-refractivity contribution in [3.05, 3.63) is 0 Å². The molecule has 2 heterocycles. The molecule has 0 aromatic rings. The average molecular weight is 351 g/mol. The predicted molar refractivity (Wildman–Crippen MR) is 96.2 cm³/mol. The van der Waals surface area contributed by atoms with Crippen molar-refractivity contribution < 1.29 is 14.3 Å². The Morgan fingerprint density at radius 2 is 2.00 bits per heavy atom. The van der Waals surface area contributed by atoms with Crippen molar-refractivity contribution in [1.29, 1.82) is 0 Å². The zero-order valence-electron chi connectivity index (χ0n) is 15.8. The number of likely N-dealkylation sites (tertiary alicyclic amines) is 2. The molecule has 2 saturated heterocycles. The third-order valence-electron chi connectivity index (χ3n) is 6.32. The number of ether oxygens (including phenoxy) is 1. The van der Waals surface area contributed by atoms with Gasteiger partial charge in [-0.1, -0.05) is 12.8 Å². The molecule has 0 N–H and O–H groups in total. The van der Waals surface area contributed by atoms with Gasteiger partial charge in [0.05, 0.1) is 18.6 Å². The largest absolute Gasteiger partial charge is 0.383 e. The molecule has 0 radical (unpaired) electrons. The second kappa shape index (κ2) is 8.04. The third kappa shape index (κ3) is 4.00. The lowest BCUT2D eigenvalue weighted by Gasteiger charge is -2.42. The van der Waals surface area contributed by atoms with Gasteiger partial charge in [0.15, 0.2) is 0 Å². The van der Waals surface area contributed by atoms with Crippen molar-refractivity contribution in [3.63, 3.8) is 0 Å². The number of rotatable bonds is 6. The Morgan fingerprint density at radius 1 is 1.24 bits per heavy atom. The van der Waals surface area contributed by atoms with Crippen molar-refractivity contribution in [2.24, 2.45) is 5.41 Å². The highest BCUT2D eigenvalue weighted by Gasteiger charge is 2.50. The van der Waals surface area contributed by atoms with E-state index in [4.69, 9.17) is 4.74 Å². The van der Waals surface area contributed by atoms with E-state index in [1.807, 2.05) is 16.8 Å². The van der Waals surface area contributed by atoms with E-state index in [2.05, 4.69) is 4.90 Å². The summed E-state index contributed by atoms with van der Waals surface area (Å²) in [5, 5.41) is 0. The molecule has 3 rings (SSSR count). The first-order chi connectivity index (χ1) is 12.1. The summed E-state index contributed by atoms with van der Waals surface area (Å²) < 4.78 is 5.07. The summed E-state index contributed by atoms with van der Waals surface area (Å²) in [6, 6.07) is 0.453. The quantitative estimate of drug-likeness (QED) is 0.725. The molecule has 0 aromatic heterocycles. The molecule has 2 amide bonds. The van der Waals surface area contributed by atoms with Crippen LogP contribution in [0.25, 0.3) is 0 Å². The summed E-state index contributed by atoms with van der Waals surface area (Å²) in [4.78, 5) is 31.9. The van der Waals surface area contributed by atoms with Crippen LogP contribution in [0.4, 0.5) is 0 Å². The van der Waals surface area contributed by atoms with Crippen molar-refractivity contribution in [1.82, 2.24) is 14.7 Å². The first-order valence-electron chi connectivity index (χ1n) is 9.82. The van der Waals surface area contributed by atoms with Crippen LogP contribution in [0.2, 0.25) is 0 Å². The molecule has 6 nitrogen and oxygen atoms in total. The zero-order valence-corrected chi connectivity index (χ0v) is 15.8. The molecule has 142 valence electrons. The minimum absolute atomic E-state index is 0.140. The van der Waals surface area contributed by atoms with Crippen LogP contribution in [0.1, 0.15) is 44.9 Å². The second-order valence-electron chi connectivity index (χ2n) is 8.12. The van der Waals surface area contributed by atoms with Gasteiger partial charge in [-0.05, 0) is 39.2 Å². The van der Waals surface area contributed by atoms with Crippen LogP contribution in [-0.2, 0) is 14.3 Å². The molecule has 1 aliphatic carbocycles. The SMILES string of the molecule is COCCN(C)CC(=O)N1CC[C@]2(CCCN(C3CCCC3)C2=O)C1. The molecule has 25 heavy (non-hydrogen) atoms. The van der Waals surface area contributed by atoms with E-state index in [0.29, 0.717) is 31.6 Å². The summed E-state index contributed by atoms with van der Waals surface area (Å²) in [7, 11) is 3.61. The van der Waals surface area contributed by atoms with Gasteiger partial charge in [-0.25, -0.2) is 0 Å². The highest BCUT2D eigenvalue weighted by Crippen LogP contribution is 2.42. The van der Waals surface area contributed by atoms with E-state index in [1.54, 1.807) is 7.11 Å². The fraction of sp³-hybridized carbons (Fsp3) is 0.895. The fourth-order valence-electron chi connectivity index (χ4n) is 4.79. The summed E-state index contributed by atoms with van der Waals surface area (Å²) in [6.07, 6.45) is 7.68. The average Bonchev–Trinajstić information content (AvgIpc) is 3.26. The van der Waals surface area contributed by atoms with E-state index < -0.39 is 0 Å². The Bertz CT molecular complexity index is 492. The van der Waals surface area contributed by atoms with Crippen LogP contribution in [0, 0.1) is 5.41 Å². The predicted octanol–water partition coefficient (Wildman–Crippen LogP) is 1.35. The minimum Gasteiger partial charge on any atom is -0.383 e. The number of amides is 2. The maximum Gasteiger partial charge on any atom is 0.236 e. The Morgan fingerprint density at radius 3 is 2.72 bits per heavy atom. The number of carbonyl (C=O) groups excluding carboxylic acids is 2. The number of hydrogen-bond donors (Lipinski definition) is 0. The fourth-order valence-corrected chi connectivity index (χ4v) is 4.79. The number of likely N-dealkylation sites (N-methyl/N-ethyl adjacent to an activating group) is 1. The summed E-state index contributed by atoms with van der Waals surface area (Å²) >= 11 is 0. The van der Waals surface area contributed by atoms with Crippen LogP contribution in [0.5, 0.6) is 0 Å². The molecule has 2 aliphatic heterocycles. The molecular formula is C19H33N3O3. The zero-order chi connectivity index (χ0) is 17.9. The highest BCUT2D eigenvalue weighted by atomic mass is 16.5. The van der Waals surface area contributed by atoms with E-state index in [0.717, 1.165) is 51.7 Å². The molecule has 0 bridgehead atoms. The molecule has 1 spiro atoms. The number of methoxy groups -OCH3 is 1. The lowest BCUT2D eigenvalue weighted by Crippen LogP contribution is -2.53. The van der Waals surface area contributed by atoms with Gasteiger partial charge in [0.2, 0.25) is 11.8 Å². The van der Waals surface area contributed by atoms with E-state index in [9.17, 15) is 9.59 Å². The number of nitrogens with zero attached hydrogens (tertiary/aromatic N) is 3. The summed E-state index contributed by atoms with van der Waals surface area (Å²) in [5.74, 6) is 0.468. The molecule has 3 fully saturated rings. The van der Waals surface area contributed by atoms with Crippen LogP contribution in [0.15, 0.2) is 0 Å². The van der Waals surface area contributed by atoms with E-state index >= 15 is 0 Å². The van der Waals surface area contributed by atoms with Gasteiger partial charge in [-0.2, -0.15) is 0 Å². The molecule has 0 unspecified atom stereocenters. The number of carbonyl (C=O) groups is 2. The molecule has 6 heteroatoms. The van der Waals surface area contributed by atoms with Crippen molar-refractivity contribution >= 4 is 11.8 Å². The lowest BCUT2D eigenvalue weighted by atomic mass is 9.77. The van der Waals surface area contributed by atoms with Gasteiger partial charge < -0.3 is 14.5 Å². The van der Waals surface area contributed by atoms with Crippen LogP contribution < -0.4 is 0 Å². The normalized spacial score (nSPS) is 27.9. The second-order valence-corrected chi connectivity index (χ2v) is 8.12. The highest BCUT2D eigenvalue weighted by molar-refractivity contribution is 5.86. The number of hydrogen-bond acceptors (Lipinski definition) is 4. The molecule has 1 saturated carbocycles. The van der Waals surface area contributed by atoms with Gasteiger partial charge in [-0.3, -0.25) is 14.5 Å². The Hall–Kier alpha value is -1.14. The van der Waals surface area contributed by atoms with Crippen LogP contribution >= 0.6 is 0 Å². The maximum atomic E-state index is 13.2. The lowest BCUT2D eigenvalue weighted by molar-refractivity contribution is -0.148. The Balaban J connectivity index is 1.58. The Labute approximate surface area is 151 Å². The molecule has 3 aliphatic rings. The van der Waals surface area contributed by atoms with Crippen molar-refractivity contribution in [2.45, 2.75) is 51.0 Å². The van der Waals surface area contributed by atoms with Gasteiger partial charge in [-0.15, -0.1) is 0 Å². The first kappa shape index (κ1) is 18.6. The topological polar surface area (TPSA) is 53.1 Å². The first-order valence-corrected chi connectivity index (χ1v) is 9.82. The van der Waals surface area contributed by atoms with Gasteiger partial charge >= 0.3 is 0 Å². The summed E-state index contributed by atoms with van der Waals surface area (Å²) in [6.45, 7) is 4.03. The molecular weight excluding hydrogens is 318 g/mol. The minimum atomic E-state index is -0.304.